The Kier molecular flexibility index (Phi) is 14.1. The molecule has 4 heterocycles. The van der Waals surface area contributed by atoms with Crippen molar-refractivity contribution in [3.8, 4) is 23.7 Å². The van der Waals surface area contributed by atoms with Gasteiger partial charge in [0.2, 0.25) is 0 Å². The first kappa shape index (κ1) is 45.8. The van der Waals surface area contributed by atoms with Crippen molar-refractivity contribution in [2.75, 3.05) is 6.54 Å². The van der Waals surface area contributed by atoms with Crippen LogP contribution in [0.4, 0.5) is 5.82 Å². The molecular formula is C44H41KN4O8S2. The number of benzene rings is 2. The Morgan fingerprint density at radius 3 is 1.98 bits per heavy atom. The summed E-state index contributed by atoms with van der Waals surface area (Å²) in [4.78, 5) is 22.5. The van der Waals surface area contributed by atoms with E-state index in [0.717, 1.165) is 52.6 Å². The molecule has 6 rings (SSSR count). The van der Waals surface area contributed by atoms with Crippen LogP contribution in [0.3, 0.4) is 0 Å². The summed E-state index contributed by atoms with van der Waals surface area (Å²) in [5.41, 5.74) is 5.24. The first-order chi connectivity index (χ1) is 27.2. The number of unbranched alkanes of at least 4 members (excludes halogenated alkanes) is 2. The first-order valence-corrected chi connectivity index (χ1v) is 21.2. The van der Waals surface area contributed by atoms with Crippen molar-refractivity contribution in [2.24, 2.45) is 22.4 Å². The van der Waals surface area contributed by atoms with Crippen LogP contribution in [0.2, 0.25) is 0 Å². The fraction of sp³-hybridized carbons (Fsp3) is 0.273. The van der Waals surface area contributed by atoms with Gasteiger partial charge < -0.3 is 19.1 Å². The molecule has 12 nitrogen and oxygen atoms in total. The number of aliphatic carboxylic acids is 1. The van der Waals surface area contributed by atoms with Gasteiger partial charge in [-0.3, -0.25) is 4.79 Å². The number of hydrogen-bond donors (Lipinski definition) is 1. The van der Waals surface area contributed by atoms with Gasteiger partial charge in [-0.2, -0.15) is 0 Å². The van der Waals surface area contributed by atoms with Gasteiger partial charge in [-0.25, -0.2) is 26.4 Å². The van der Waals surface area contributed by atoms with Gasteiger partial charge >= 0.3 is 63.2 Å². The topological polar surface area (TPSA) is 184 Å². The summed E-state index contributed by atoms with van der Waals surface area (Å²) in [5.74, 6) is 13.2. The summed E-state index contributed by atoms with van der Waals surface area (Å²) in [6, 6.07) is 13.0. The smallest absolute Gasteiger partial charge is 0.744 e. The third-order valence-corrected chi connectivity index (χ3v) is 11.9. The molecule has 59 heavy (non-hydrogen) atoms. The minimum Gasteiger partial charge on any atom is -0.744 e. The van der Waals surface area contributed by atoms with E-state index in [2.05, 4.69) is 51.4 Å². The zero-order valence-corrected chi connectivity index (χ0v) is 38.4. The SMILES string of the molecule is C[n+]1cc(C#Cc2ccc(S(=O)(=O)[O-])cc2)cc2c1N=C(/C=C/C=C1\N=C3C(=CC(C#Cc4ccc(S(=O)(=O)[O-])cc4)=CN3CCCCCC(=O)O)C1(C)C)C2(C)C.[K+]. The van der Waals surface area contributed by atoms with Gasteiger partial charge in [-0.15, -0.1) is 0 Å². The van der Waals surface area contributed by atoms with Crippen LogP contribution in [0.1, 0.15) is 75.6 Å². The minimum absolute atomic E-state index is 0. The molecular weight excluding hydrogens is 816 g/mol. The predicted molar refractivity (Wildman–Crippen MR) is 217 cm³/mol. The Morgan fingerprint density at radius 1 is 0.831 bits per heavy atom. The molecule has 2 aromatic carbocycles. The Labute approximate surface area is 388 Å². The van der Waals surface area contributed by atoms with E-state index in [1.165, 1.54) is 48.5 Å². The van der Waals surface area contributed by atoms with E-state index in [-0.39, 0.29) is 67.6 Å². The maximum Gasteiger partial charge on any atom is 1.00 e. The third-order valence-electron chi connectivity index (χ3n) is 10.2. The van der Waals surface area contributed by atoms with Crippen molar-refractivity contribution in [1.29, 1.82) is 0 Å². The molecule has 1 aromatic heterocycles. The molecule has 15 heteroatoms. The second kappa shape index (κ2) is 18.2. The molecule has 3 aliphatic rings. The summed E-state index contributed by atoms with van der Waals surface area (Å²) in [5, 5.41) is 9.08. The van der Waals surface area contributed by atoms with E-state index in [0.29, 0.717) is 29.7 Å². The summed E-state index contributed by atoms with van der Waals surface area (Å²) in [6.45, 7) is 8.97. The molecule has 298 valence electrons. The Hall–Kier alpha value is -4.26. The molecule has 0 saturated carbocycles. The molecule has 0 spiro atoms. The monoisotopic (exact) mass is 856 g/mol. The number of rotatable bonds is 10. The van der Waals surface area contributed by atoms with E-state index in [1.54, 1.807) is 0 Å². The van der Waals surface area contributed by atoms with Crippen molar-refractivity contribution in [2.45, 2.75) is 68.6 Å². The molecule has 0 radical (unpaired) electrons. The first-order valence-electron chi connectivity index (χ1n) is 18.4. The summed E-state index contributed by atoms with van der Waals surface area (Å²) < 4.78 is 69.9. The van der Waals surface area contributed by atoms with Crippen molar-refractivity contribution < 1.29 is 91.8 Å². The van der Waals surface area contributed by atoms with Crippen LogP contribution < -0.4 is 56.0 Å². The predicted octanol–water partition coefficient (Wildman–Crippen LogP) is 2.79. The van der Waals surface area contributed by atoms with E-state index >= 15 is 0 Å². The molecule has 1 N–H and O–H groups in total. The number of hydrogen-bond acceptors (Lipinski definition) is 10. The zero-order chi connectivity index (χ0) is 42.0. The number of aryl methyl sites for hydroxylation is 1. The number of nitrogens with zero attached hydrogens (tertiary/aromatic N) is 4. The van der Waals surface area contributed by atoms with Gasteiger partial charge in [-0.05, 0) is 105 Å². The Morgan fingerprint density at radius 2 is 1.41 bits per heavy atom. The molecule has 0 fully saturated rings. The summed E-state index contributed by atoms with van der Waals surface area (Å²) >= 11 is 0. The number of aliphatic imine (C=N–C) groups is 2. The third kappa shape index (κ3) is 10.7. The quantitative estimate of drug-likeness (QED) is 0.105. The normalized spacial score (nSPS) is 17.0. The van der Waals surface area contributed by atoms with Crippen LogP contribution in [0, 0.1) is 29.1 Å². The largest absolute Gasteiger partial charge is 1.00 e. The van der Waals surface area contributed by atoms with Gasteiger partial charge in [0.25, 0.3) is 0 Å². The fourth-order valence-electron chi connectivity index (χ4n) is 6.79. The molecule has 0 bridgehead atoms. The fourth-order valence-corrected chi connectivity index (χ4v) is 7.73. The standard InChI is InChI=1S/C44H42N4O8S2.K/c1-43(2)36-26-32(15-13-30-17-21-34(22-18-30)57(51,52)53)28-47(5)41(36)45-38(43)10-9-11-39-44(3,4)37-27-33(16-14-31-19-23-35(24-20-31)58(54,55)56)29-48(42(37)46-39)25-8-6-7-12-40(49)50;/h9-11,17-24,26-29H,6-8,12,25H2,1-5H3,(H2-,49,50,51,52,53,54,55,56);/q;+1/p-1. The van der Waals surface area contributed by atoms with Crippen LogP contribution >= 0.6 is 0 Å². The minimum atomic E-state index is -4.57. The average molecular weight is 857 g/mol. The second-order valence-corrected chi connectivity index (χ2v) is 17.9. The van der Waals surface area contributed by atoms with E-state index in [9.17, 15) is 30.7 Å². The van der Waals surface area contributed by atoms with Crippen molar-refractivity contribution in [3.63, 3.8) is 0 Å². The zero-order valence-electron chi connectivity index (χ0n) is 33.6. The van der Waals surface area contributed by atoms with Crippen LogP contribution in [-0.4, -0.2) is 60.0 Å². The van der Waals surface area contributed by atoms with Crippen molar-refractivity contribution in [1.82, 2.24) is 4.90 Å². The maximum absolute atomic E-state index is 11.4. The molecule has 0 unspecified atom stereocenters. The molecule has 3 aromatic rings. The number of carbonyl (C=O) groups is 1. The Balaban J connectivity index is 0.00000661. The van der Waals surface area contributed by atoms with Crippen molar-refractivity contribution >= 4 is 43.6 Å². The number of fused-ring (bicyclic) bond motifs is 2. The van der Waals surface area contributed by atoms with Crippen LogP contribution in [0.5, 0.6) is 0 Å². The average Bonchev–Trinajstić information content (AvgIpc) is 3.56. The number of aromatic nitrogens is 1. The van der Waals surface area contributed by atoms with Gasteiger partial charge in [0, 0.05) is 46.9 Å². The summed E-state index contributed by atoms with van der Waals surface area (Å²) in [6.07, 6.45) is 13.9. The number of carboxylic acid groups (broad SMARTS) is 1. The number of pyridine rings is 1. The van der Waals surface area contributed by atoms with Crippen LogP contribution in [-0.2, 0) is 37.5 Å². The Bertz CT molecular complexity index is 2740. The summed E-state index contributed by atoms with van der Waals surface area (Å²) in [7, 11) is -7.20. The number of carboxylic acids is 1. The number of amidine groups is 1. The number of allylic oxidation sites excluding steroid dienone is 6. The molecule has 0 atom stereocenters. The van der Waals surface area contributed by atoms with Gasteiger partial charge in [-0.1, -0.05) is 50.0 Å². The van der Waals surface area contributed by atoms with E-state index < -0.39 is 37.0 Å². The molecule has 3 aliphatic heterocycles. The van der Waals surface area contributed by atoms with Crippen molar-refractivity contribution in [3.05, 3.63) is 130 Å². The van der Waals surface area contributed by atoms with Gasteiger partial charge in [0.05, 0.1) is 39.1 Å². The van der Waals surface area contributed by atoms with Crippen LogP contribution in [0.25, 0.3) is 0 Å². The van der Waals surface area contributed by atoms with Gasteiger partial charge in [0.1, 0.15) is 32.3 Å². The van der Waals surface area contributed by atoms with Gasteiger partial charge in [0.15, 0.2) is 5.71 Å². The second-order valence-electron chi connectivity index (χ2n) is 15.2. The van der Waals surface area contributed by atoms with E-state index in [1.807, 2.05) is 59.3 Å². The molecule has 0 aliphatic carbocycles. The van der Waals surface area contributed by atoms with E-state index in [4.69, 9.17) is 15.1 Å². The molecule has 0 saturated heterocycles. The maximum atomic E-state index is 11.4. The van der Waals surface area contributed by atoms with Crippen LogP contribution in [0.15, 0.2) is 128 Å². The molecule has 0 amide bonds.